The van der Waals surface area contributed by atoms with E-state index < -0.39 is 35.8 Å². The van der Waals surface area contributed by atoms with Crippen LogP contribution in [-0.4, -0.2) is 28.1 Å². The first-order valence-corrected chi connectivity index (χ1v) is 11.2. The van der Waals surface area contributed by atoms with Gasteiger partial charge in [-0.3, -0.25) is 9.69 Å². The predicted octanol–water partition coefficient (Wildman–Crippen LogP) is 6.23. The molecular weight excluding hydrogens is 512 g/mol. The summed E-state index contributed by atoms with van der Waals surface area (Å²) in [6.07, 6.45) is -1.58. The van der Waals surface area contributed by atoms with Crippen molar-refractivity contribution >= 4 is 28.0 Å². The molecule has 4 rings (SSSR count). The maximum atomic E-state index is 13.7. The summed E-state index contributed by atoms with van der Waals surface area (Å²) in [5.41, 5.74) is 1.49. The largest absolute Gasteiger partial charge is 0.481 e. The third-order valence-corrected chi connectivity index (χ3v) is 5.94. The van der Waals surface area contributed by atoms with E-state index in [9.17, 15) is 18.4 Å². The summed E-state index contributed by atoms with van der Waals surface area (Å²) in [6, 6.07) is 14.6. The highest BCUT2D eigenvalue weighted by atomic mass is 79.9. The maximum Gasteiger partial charge on any atom is 0.411 e. The zero-order valence-electron chi connectivity index (χ0n) is 18.0. The van der Waals surface area contributed by atoms with Gasteiger partial charge in [-0.1, -0.05) is 28.1 Å². The predicted molar refractivity (Wildman–Crippen MR) is 123 cm³/mol. The Kier molecular flexibility index (Phi) is 6.83. The van der Waals surface area contributed by atoms with Crippen molar-refractivity contribution in [3.63, 3.8) is 0 Å². The monoisotopic (exact) mass is 531 g/mol. The van der Waals surface area contributed by atoms with Crippen molar-refractivity contribution in [3.8, 4) is 11.5 Å². The summed E-state index contributed by atoms with van der Waals surface area (Å²) in [4.78, 5) is 25.1. The first kappa shape index (κ1) is 23.7. The van der Waals surface area contributed by atoms with E-state index >= 15 is 0 Å². The Hall–Kier alpha value is -3.46. The fourth-order valence-electron chi connectivity index (χ4n) is 3.87. The molecule has 0 saturated carbocycles. The van der Waals surface area contributed by atoms with Crippen molar-refractivity contribution < 1.29 is 33.0 Å². The van der Waals surface area contributed by atoms with Crippen LogP contribution < -0.4 is 4.74 Å². The van der Waals surface area contributed by atoms with E-state index in [1.807, 2.05) is 0 Å². The standard InChI is InChI=1S/C25H20BrF2NO5/c1-14-24(16-10-19(27)12-20(28)11-16)34-25(32)29(14)13-17-9-18(26)5-6-22(17)33-21-4-2-3-15(7-21)8-23(30)31/h2-7,9-12,14,24H,8,13H2,1H3,(H,30,31)/t14-,24-/m1/s1. The number of carboxylic acid groups (broad SMARTS) is 1. The highest BCUT2D eigenvalue weighted by Crippen LogP contribution is 2.36. The van der Waals surface area contributed by atoms with Crippen molar-refractivity contribution in [1.29, 1.82) is 0 Å². The number of halogens is 3. The van der Waals surface area contributed by atoms with Crippen LogP contribution in [0, 0.1) is 11.6 Å². The van der Waals surface area contributed by atoms with Gasteiger partial charge in [-0.15, -0.1) is 0 Å². The molecule has 1 N–H and O–H groups in total. The second kappa shape index (κ2) is 9.80. The van der Waals surface area contributed by atoms with Crippen molar-refractivity contribution in [2.24, 2.45) is 0 Å². The molecule has 0 aromatic heterocycles. The van der Waals surface area contributed by atoms with Gasteiger partial charge in [0.25, 0.3) is 0 Å². The van der Waals surface area contributed by atoms with Crippen molar-refractivity contribution in [1.82, 2.24) is 4.90 Å². The minimum Gasteiger partial charge on any atom is -0.481 e. The summed E-state index contributed by atoms with van der Waals surface area (Å²) in [5, 5.41) is 9.03. The highest BCUT2D eigenvalue weighted by molar-refractivity contribution is 9.10. The molecule has 0 spiro atoms. The Labute approximate surface area is 202 Å². The van der Waals surface area contributed by atoms with Gasteiger partial charge in [0.1, 0.15) is 29.2 Å². The second-order valence-electron chi connectivity index (χ2n) is 7.95. The lowest BCUT2D eigenvalue weighted by Crippen LogP contribution is -2.31. The molecule has 1 amide bonds. The summed E-state index contributed by atoms with van der Waals surface area (Å²) in [7, 11) is 0. The van der Waals surface area contributed by atoms with Gasteiger partial charge in [0.05, 0.1) is 19.0 Å². The summed E-state index contributed by atoms with van der Waals surface area (Å²) in [6.45, 7) is 1.87. The number of carbonyl (C=O) groups is 2. The molecule has 1 aliphatic rings. The quantitative estimate of drug-likeness (QED) is 0.391. The fraction of sp³-hybridized carbons (Fsp3) is 0.200. The van der Waals surface area contributed by atoms with E-state index in [-0.39, 0.29) is 18.5 Å². The van der Waals surface area contributed by atoms with Crippen molar-refractivity contribution in [3.05, 3.63) is 93.5 Å². The third kappa shape index (κ3) is 5.36. The lowest BCUT2D eigenvalue weighted by atomic mass is 10.0. The Morgan fingerprint density at radius 2 is 1.85 bits per heavy atom. The Morgan fingerprint density at radius 1 is 1.12 bits per heavy atom. The molecule has 2 atom stereocenters. The maximum absolute atomic E-state index is 13.7. The first-order valence-electron chi connectivity index (χ1n) is 10.4. The average molecular weight is 532 g/mol. The second-order valence-corrected chi connectivity index (χ2v) is 8.86. The van der Waals surface area contributed by atoms with E-state index in [4.69, 9.17) is 14.6 Å². The number of carbonyl (C=O) groups excluding carboxylic acids is 1. The lowest BCUT2D eigenvalue weighted by molar-refractivity contribution is -0.136. The van der Waals surface area contributed by atoms with Crippen LogP contribution in [-0.2, 0) is 22.5 Å². The molecule has 1 fully saturated rings. The lowest BCUT2D eigenvalue weighted by Gasteiger charge is -2.22. The number of cyclic esters (lactones) is 1. The molecule has 34 heavy (non-hydrogen) atoms. The minimum atomic E-state index is -0.948. The number of ether oxygens (including phenoxy) is 2. The van der Waals surface area contributed by atoms with Gasteiger partial charge in [-0.25, -0.2) is 13.6 Å². The molecule has 6 nitrogen and oxygen atoms in total. The molecule has 9 heteroatoms. The fourth-order valence-corrected chi connectivity index (χ4v) is 4.28. The third-order valence-electron chi connectivity index (χ3n) is 5.45. The number of hydrogen-bond donors (Lipinski definition) is 1. The van der Waals surface area contributed by atoms with Gasteiger partial charge >= 0.3 is 12.1 Å². The molecule has 0 radical (unpaired) electrons. The van der Waals surface area contributed by atoms with E-state index in [0.29, 0.717) is 22.6 Å². The van der Waals surface area contributed by atoms with E-state index in [0.717, 1.165) is 22.7 Å². The van der Waals surface area contributed by atoms with E-state index in [2.05, 4.69) is 15.9 Å². The summed E-state index contributed by atoms with van der Waals surface area (Å²) >= 11 is 3.43. The molecule has 1 saturated heterocycles. The molecule has 3 aromatic rings. The highest BCUT2D eigenvalue weighted by Gasteiger charge is 2.40. The van der Waals surface area contributed by atoms with Crippen LogP contribution in [0.4, 0.5) is 13.6 Å². The average Bonchev–Trinajstić information content (AvgIpc) is 3.03. The van der Waals surface area contributed by atoms with Gasteiger partial charge in [-0.05, 0) is 55.0 Å². The molecule has 0 unspecified atom stereocenters. The molecule has 1 aliphatic heterocycles. The molecule has 1 heterocycles. The normalized spacial score (nSPS) is 17.5. The first-order chi connectivity index (χ1) is 16.2. The number of nitrogens with zero attached hydrogens (tertiary/aromatic N) is 1. The topological polar surface area (TPSA) is 76.1 Å². The van der Waals surface area contributed by atoms with Gasteiger partial charge < -0.3 is 14.6 Å². The number of amides is 1. The van der Waals surface area contributed by atoms with Crippen LogP contribution >= 0.6 is 15.9 Å². The van der Waals surface area contributed by atoms with Crippen LogP contribution in [0.5, 0.6) is 11.5 Å². The molecular formula is C25H20BrF2NO5. The zero-order valence-corrected chi connectivity index (χ0v) is 19.6. The van der Waals surface area contributed by atoms with E-state index in [1.165, 1.54) is 4.90 Å². The Balaban J connectivity index is 1.58. The summed E-state index contributed by atoms with van der Waals surface area (Å²) < 4.78 is 39.6. The van der Waals surface area contributed by atoms with Crippen LogP contribution in [0.15, 0.2) is 65.1 Å². The van der Waals surface area contributed by atoms with Crippen LogP contribution in [0.3, 0.4) is 0 Å². The number of rotatable bonds is 7. The van der Waals surface area contributed by atoms with Gasteiger partial charge in [0.2, 0.25) is 0 Å². The van der Waals surface area contributed by atoms with Gasteiger partial charge in [-0.2, -0.15) is 0 Å². The number of benzene rings is 3. The minimum absolute atomic E-state index is 0.123. The molecule has 176 valence electrons. The molecule has 3 aromatic carbocycles. The van der Waals surface area contributed by atoms with Crippen LogP contribution in [0.1, 0.15) is 29.7 Å². The number of carboxylic acids is 1. The molecule has 0 aliphatic carbocycles. The van der Waals surface area contributed by atoms with Crippen LogP contribution in [0.25, 0.3) is 0 Å². The van der Waals surface area contributed by atoms with Crippen molar-refractivity contribution in [2.75, 3.05) is 0 Å². The SMILES string of the molecule is C[C@@H]1[C@H](c2cc(F)cc(F)c2)OC(=O)N1Cc1cc(Br)ccc1Oc1cccc(CC(=O)O)c1. The Bertz CT molecular complexity index is 1230. The number of hydrogen-bond acceptors (Lipinski definition) is 4. The zero-order chi connectivity index (χ0) is 24.4. The smallest absolute Gasteiger partial charge is 0.411 e. The molecule has 0 bridgehead atoms. The number of aliphatic carboxylic acids is 1. The summed E-state index contributed by atoms with van der Waals surface area (Å²) in [5.74, 6) is -1.52. The van der Waals surface area contributed by atoms with Crippen molar-refractivity contribution in [2.45, 2.75) is 32.0 Å². The Morgan fingerprint density at radius 3 is 2.56 bits per heavy atom. The van der Waals surface area contributed by atoms with Gasteiger partial charge in [0, 0.05) is 21.7 Å². The van der Waals surface area contributed by atoms with E-state index in [1.54, 1.807) is 49.4 Å². The van der Waals surface area contributed by atoms with Crippen LogP contribution in [0.2, 0.25) is 0 Å². The van der Waals surface area contributed by atoms with Gasteiger partial charge in [0.15, 0.2) is 0 Å².